The maximum atomic E-state index is 12.7. The van der Waals surface area contributed by atoms with Gasteiger partial charge in [-0.2, -0.15) is 0 Å². The van der Waals surface area contributed by atoms with E-state index in [1.54, 1.807) is 13.8 Å². The van der Waals surface area contributed by atoms with E-state index in [0.717, 1.165) is 11.1 Å². The molecule has 1 aromatic heterocycles. The molecule has 0 atom stereocenters. The molecule has 0 aliphatic rings. The Morgan fingerprint density at radius 3 is 2.29 bits per heavy atom. The first-order chi connectivity index (χ1) is 9.91. The van der Waals surface area contributed by atoms with Crippen molar-refractivity contribution < 1.29 is 13.6 Å². The van der Waals surface area contributed by atoms with Crippen molar-refractivity contribution in [2.24, 2.45) is 0 Å². The molecule has 0 bridgehead atoms. The third kappa shape index (κ3) is 3.07. The predicted octanol–water partition coefficient (Wildman–Crippen LogP) is 2.43. The highest BCUT2D eigenvalue weighted by Gasteiger charge is 2.32. The van der Waals surface area contributed by atoms with Crippen molar-refractivity contribution in [1.29, 1.82) is 0 Å². The van der Waals surface area contributed by atoms with E-state index < -0.39 is 13.2 Å². The fourth-order valence-electron chi connectivity index (χ4n) is 2.02. The second-order valence-corrected chi connectivity index (χ2v) is 6.61. The van der Waals surface area contributed by atoms with Crippen LogP contribution in [-0.4, -0.2) is 23.2 Å². The average molecular weight is 310 g/mol. The lowest BCUT2D eigenvalue weighted by molar-refractivity contribution is 0.229. The van der Waals surface area contributed by atoms with E-state index in [2.05, 4.69) is 9.97 Å². The van der Waals surface area contributed by atoms with Gasteiger partial charge in [0.15, 0.2) is 0 Å². The summed E-state index contributed by atoms with van der Waals surface area (Å²) in [5.41, 5.74) is 2.51. The Labute approximate surface area is 123 Å². The van der Waals surface area contributed by atoms with Crippen molar-refractivity contribution in [2.75, 3.05) is 13.2 Å². The maximum absolute atomic E-state index is 12.7. The van der Waals surface area contributed by atoms with Crippen LogP contribution in [0.4, 0.5) is 0 Å². The topological polar surface area (TPSA) is 81.3 Å². The molecular formula is C14H19N2O4P. The van der Waals surface area contributed by atoms with Gasteiger partial charge in [0, 0.05) is 0 Å². The van der Waals surface area contributed by atoms with E-state index >= 15 is 0 Å². The third-order valence-corrected chi connectivity index (χ3v) is 5.17. The monoisotopic (exact) mass is 310 g/mol. The van der Waals surface area contributed by atoms with Gasteiger partial charge in [-0.05, 0) is 51.0 Å². The number of rotatable bonds is 5. The van der Waals surface area contributed by atoms with Gasteiger partial charge in [-0.1, -0.05) is 0 Å². The summed E-state index contributed by atoms with van der Waals surface area (Å²) in [6, 6.07) is 3.68. The van der Waals surface area contributed by atoms with E-state index in [9.17, 15) is 9.36 Å². The molecule has 0 saturated carbocycles. The quantitative estimate of drug-likeness (QED) is 0.858. The van der Waals surface area contributed by atoms with Gasteiger partial charge in [0.1, 0.15) is 0 Å². The zero-order valence-corrected chi connectivity index (χ0v) is 13.5. The molecule has 21 heavy (non-hydrogen) atoms. The molecule has 0 spiro atoms. The number of nitrogens with zero attached hydrogens (tertiary/aromatic N) is 1. The number of aromatic nitrogens is 2. The molecule has 0 aliphatic carbocycles. The summed E-state index contributed by atoms with van der Waals surface area (Å²) < 4.78 is 23.1. The molecule has 6 nitrogen and oxygen atoms in total. The van der Waals surface area contributed by atoms with Crippen LogP contribution in [0.2, 0.25) is 0 Å². The van der Waals surface area contributed by atoms with Gasteiger partial charge < -0.3 is 14.0 Å². The van der Waals surface area contributed by atoms with Gasteiger partial charge >= 0.3 is 7.60 Å². The van der Waals surface area contributed by atoms with E-state index in [0.29, 0.717) is 11.0 Å². The molecule has 0 amide bonds. The Morgan fingerprint density at radius 2 is 1.71 bits per heavy atom. The molecule has 0 radical (unpaired) electrons. The van der Waals surface area contributed by atoms with Crippen LogP contribution in [-0.2, 0) is 13.6 Å². The highest BCUT2D eigenvalue weighted by atomic mass is 31.2. The lowest BCUT2D eigenvalue weighted by Gasteiger charge is -2.15. The molecular weight excluding hydrogens is 291 g/mol. The van der Waals surface area contributed by atoms with Gasteiger partial charge in [-0.25, -0.2) is 4.98 Å². The molecule has 0 aliphatic heterocycles. The second kappa shape index (κ2) is 6.10. The van der Waals surface area contributed by atoms with Crippen molar-refractivity contribution in [3.05, 3.63) is 33.6 Å². The number of aromatic amines is 1. The van der Waals surface area contributed by atoms with Crippen LogP contribution in [0.15, 0.2) is 16.9 Å². The zero-order chi connectivity index (χ0) is 15.6. The number of nitrogens with one attached hydrogen (secondary N) is 1. The second-order valence-electron chi connectivity index (χ2n) is 4.68. The molecule has 1 heterocycles. The van der Waals surface area contributed by atoms with Crippen LogP contribution >= 0.6 is 7.60 Å². The van der Waals surface area contributed by atoms with E-state index in [-0.39, 0.29) is 18.6 Å². The fraction of sp³-hybridized carbons (Fsp3) is 0.429. The number of hydrogen-bond donors (Lipinski definition) is 1. The van der Waals surface area contributed by atoms with Crippen LogP contribution in [0.1, 0.15) is 25.0 Å². The first-order valence-corrected chi connectivity index (χ1v) is 8.36. The highest BCUT2D eigenvalue weighted by molar-refractivity contribution is 7.61. The number of benzene rings is 1. The molecule has 2 aromatic rings. The van der Waals surface area contributed by atoms with Gasteiger partial charge in [-0.3, -0.25) is 9.36 Å². The van der Waals surface area contributed by atoms with Crippen molar-refractivity contribution >= 4 is 24.1 Å². The molecule has 1 aromatic carbocycles. The molecule has 2 rings (SSSR count). The predicted molar refractivity (Wildman–Crippen MR) is 82.3 cm³/mol. The van der Waals surface area contributed by atoms with Crippen LogP contribution < -0.4 is 11.0 Å². The summed E-state index contributed by atoms with van der Waals surface area (Å²) in [5.74, 6) is 0. The molecule has 0 saturated heterocycles. The van der Waals surface area contributed by atoms with Crippen molar-refractivity contribution in [3.63, 3.8) is 0 Å². The largest absolute Gasteiger partial charge is 0.385 e. The van der Waals surface area contributed by atoms with Crippen LogP contribution in [0.3, 0.4) is 0 Å². The molecule has 0 unspecified atom stereocenters. The van der Waals surface area contributed by atoms with Gasteiger partial charge in [-0.15, -0.1) is 0 Å². The Bertz CT molecular complexity index is 759. The maximum Gasteiger partial charge on any atom is 0.385 e. The molecule has 7 heteroatoms. The summed E-state index contributed by atoms with van der Waals surface area (Å²) >= 11 is 0. The summed E-state index contributed by atoms with van der Waals surface area (Å²) in [6.07, 6.45) is 0. The van der Waals surface area contributed by atoms with Crippen molar-refractivity contribution in [1.82, 2.24) is 9.97 Å². The van der Waals surface area contributed by atoms with Crippen molar-refractivity contribution in [3.8, 4) is 0 Å². The summed E-state index contributed by atoms with van der Waals surface area (Å²) in [4.78, 5) is 19.1. The zero-order valence-electron chi connectivity index (χ0n) is 12.6. The van der Waals surface area contributed by atoms with Crippen LogP contribution in [0, 0.1) is 13.8 Å². The first-order valence-electron chi connectivity index (χ1n) is 6.82. The number of aryl methyl sites for hydroxylation is 2. The first kappa shape index (κ1) is 15.9. The molecule has 1 N–H and O–H groups in total. The minimum atomic E-state index is -3.70. The van der Waals surface area contributed by atoms with Gasteiger partial charge in [0.05, 0.1) is 24.2 Å². The highest BCUT2D eigenvalue weighted by Crippen LogP contribution is 2.45. The van der Waals surface area contributed by atoms with E-state index in [1.807, 2.05) is 26.0 Å². The third-order valence-electron chi connectivity index (χ3n) is 3.15. The molecule has 114 valence electrons. The minimum Gasteiger partial charge on any atom is -0.318 e. The summed E-state index contributed by atoms with van der Waals surface area (Å²) in [5, 5.41) is 0. The fourth-order valence-corrected chi connectivity index (χ4v) is 3.56. The van der Waals surface area contributed by atoms with E-state index in [1.165, 1.54) is 0 Å². The smallest absolute Gasteiger partial charge is 0.318 e. The lowest BCUT2D eigenvalue weighted by Crippen LogP contribution is -2.32. The Kier molecular flexibility index (Phi) is 4.61. The number of H-pyrrole nitrogens is 1. The Hall–Kier alpha value is -1.49. The SMILES string of the molecule is CCOP(=O)(OCC)c1nc2cc(C)c(C)cc2[nH]c1=O. The number of hydrogen-bond acceptors (Lipinski definition) is 5. The lowest BCUT2D eigenvalue weighted by atomic mass is 10.1. The standard InChI is InChI=1S/C14H19N2O4P/c1-5-19-21(18,20-6-2)14-13(17)15-11-7-9(3)10(4)8-12(11)16-14/h7-8H,5-6H2,1-4H3,(H,15,17). The van der Waals surface area contributed by atoms with E-state index in [4.69, 9.17) is 9.05 Å². The molecule has 0 fully saturated rings. The average Bonchev–Trinajstić information content (AvgIpc) is 2.40. The van der Waals surface area contributed by atoms with Crippen molar-refractivity contribution in [2.45, 2.75) is 27.7 Å². The van der Waals surface area contributed by atoms with Gasteiger partial charge in [0.2, 0.25) is 5.44 Å². The Balaban J connectivity index is 2.69. The summed E-state index contributed by atoms with van der Waals surface area (Å²) in [7, 11) is -3.70. The summed E-state index contributed by atoms with van der Waals surface area (Å²) in [6.45, 7) is 7.62. The number of fused-ring (bicyclic) bond motifs is 1. The van der Waals surface area contributed by atoms with Gasteiger partial charge in [0.25, 0.3) is 5.56 Å². The normalized spacial score (nSPS) is 12.0. The van der Waals surface area contributed by atoms with Crippen LogP contribution in [0.25, 0.3) is 11.0 Å². The Morgan fingerprint density at radius 1 is 1.14 bits per heavy atom. The minimum absolute atomic E-state index is 0.170. The van der Waals surface area contributed by atoms with Crippen LogP contribution in [0.5, 0.6) is 0 Å².